The van der Waals surface area contributed by atoms with Gasteiger partial charge in [-0.15, -0.1) is 0 Å². The van der Waals surface area contributed by atoms with E-state index in [2.05, 4.69) is 41.7 Å². The zero-order valence-electron chi connectivity index (χ0n) is 19.2. The third-order valence-corrected chi connectivity index (χ3v) is 5.45. The molecule has 0 saturated heterocycles. The number of amides is 1. The van der Waals surface area contributed by atoms with E-state index >= 15 is 0 Å². The third kappa shape index (κ3) is 7.24. The van der Waals surface area contributed by atoms with Crippen molar-refractivity contribution in [3.8, 4) is 11.5 Å². The van der Waals surface area contributed by atoms with Crippen LogP contribution < -0.4 is 14.8 Å². The Balaban J connectivity index is 1.19. The molecule has 1 N–H and O–H groups in total. The Morgan fingerprint density at radius 1 is 0.588 bits per heavy atom. The third-order valence-electron chi connectivity index (χ3n) is 5.45. The smallest absolute Gasteiger partial charge is 0.255 e. The first-order valence-electron chi connectivity index (χ1n) is 11.6. The molecule has 4 aromatic carbocycles. The number of carbonyl (C=O) groups is 1. The van der Waals surface area contributed by atoms with E-state index in [0.29, 0.717) is 18.8 Å². The van der Waals surface area contributed by atoms with Gasteiger partial charge in [0.25, 0.3) is 5.91 Å². The lowest BCUT2D eigenvalue weighted by Gasteiger charge is -2.10. The lowest BCUT2D eigenvalue weighted by molar-refractivity contribution is 0.102. The summed E-state index contributed by atoms with van der Waals surface area (Å²) in [6.07, 6.45) is 2.79. The molecule has 4 heteroatoms. The SMILES string of the molecule is O=C(Nc1ccc(OCCCc2ccccc2)cc1)c1ccc(OCCc2ccccc2)cc1. The van der Waals surface area contributed by atoms with E-state index in [-0.39, 0.29) is 5.91 Å². The molecular weight excluding hydrogens is 422 g/mol. The lowest BCUT2D eigenvalue weighted by atomic mass is 10.1. The molecule has 0 atom stereocenters. The van der Waals surface area contributed by atoms with Gasteiger partial charge in [-0.2, -0.15) is 0 Å². The Kier molecular flexibility index (Phi) is 8.34. The standard InChI is InChI=1S/C30H29NO3/c32-30(26-13-17-28(18-14-26)34-23-21-25-10-5-2-6-11-25)31-27-15-19-29(20-16-27)33-22-7-12-24-8-3-1-4-9-24/h1-6,8-11,13-20H,7,12,21-23H2,(H,31,32). The van der Waals surface area contributed by atoms with E-state index in [9.17, 15) is 4.79 Å². The van der Waals surface area contributed by atoms with Crippen LogP contribution in [0, 0.1) is 0 Å². The number of nitrogens with one attached hydrogen (secondary N) is 1. The van der Waals surface area contributed by atoms with Crippen molar-refractivity contribution in [1.82, 2.24) is 0 Å². The molecule has 4 aromatic rings. The van der Waals surface area contributed by atoms with Gasteiger partial charge in [0.15, 0.2) is 0 Å². The zero-order valence-corrected chi connectivity index (χ0v) is 19.2. The second-order valence-corrected chi connectivity index (χ2v) is 8.02. The molecule has 0 aliphatic heterocycles. The predicted molar refractivity (Wildman–Crippen MR) is 137 cm³/mol. The Morgan fingerprint density at radius 3 is 1.74 bits per heavy atom. The highest BCUT2D eigenvalue weighted by Gasteiger charge is 2.07. The van der Waals surface area contributed by atoms with Gasteiger partial charge in [-0.25, -0.2) is 0 Å². The van der Waals surface area contributed by atoms with Crippen LogP contribution in [-0.2, 0) is 12.8 Å². The molecule has 0 heterocycles. The molecule has 0 aliphatic carbocycles. The molecule has 172 valence electrons. The first kappa shape index (κ1) is 23.1. The number of carbonyl (C=O) groups excluding carboxylic acids is 1. The molecule has 4 rings (SSSR count). The van der Waals surface area contributed by atoms with Crippen LogP contribution in [0.1, 0.15) is 27.9 Å². The Morgan fingerprint density at radius 2 is 1.12 bits per heavy atom. The monoisotopic (exact) mass is 451 g/mol. The van der Waals surface area contributed by atoms with Crippen LogP contribution in [-0.4, -0.2) is 19.1 Å². The van der Waals surface area contributed by atoms with Gasteiger partial charge in [0, 0.05) is 17.7 Å². The molecule has 0 radical (unpaired) electrons. The highest BCUT2D eigenvalue weighted by Crippen LogP contribution is 2.18. The zero-order chi connectivity index (χ0) is 23.4. The second kappa shape index (κ2) is 12.3. The van der Waals surface area contributed by atoms with Crippen molar-refractivity contribution in [2.75, 3.05) is 18.5 Å². The van der Waals surface area contributed by atoms with E-state index in [1.807, 2.05) is 60.7 Å². The highest BCUT2D eigenvalue weighted by atomic mass is 16.5. The van der Waals surface area contributed by atoms with Gasteiger partial charge in [0.1, 0.15) is 11.5 Å². The summed E-state index contributed by atoms with van der Waals surface area (Å²) in [4.78, 5) is 12.6. The largest absolute Gasteiger partial charge is 0.494 e. The summed E-state index contributed by atoms with van der Waals surface area (Å²) < 4.78 is 11.6. The summed E-state index contributed by atoms with van der Waals surface area (Å²) in [6.45, 7) is 1.25. The number of rotatable bonds is 11. The fourth-order valence-corrected chi connectivity index (χ4v) is 3.58. The maximum atomic E-state index is 12.6. The predicted octanol–water partition coefficient (Wildman–Crippen LogP) is 6.57. The normalized spacial score (nSPS) is 10.5. The molecular formula is C30H29NO3. The van der Waals surface area contributed by atoms with Crippen molar-refractivity contribution in [2.24, 2.45) is 0 Å². The Hall–Kier alpha value is -4.05. The molecule has 0 bridgehead atoms. The number of hydrogen-bond donors (Lipinski definition) is 1. The van der Waals surface area contributed by atoms with Gasteiger partial charge in [0.05, 0.1) is 13.2 Å². The molecule has 0 fully saturated rings. The number of aryl methyl sites for hydroxylation is 1. The van der Waals surface area contributed by atoms with E-state index in [4.69, 9.17) is 9.47 Å². The minimum absolute atomic E-state index is 0.160. The minimum atomic E-state index is -0.160. The van der Waals surface area contributed by atoms with Crippen molar-refractivity contribution in [3.63, 3.8) is 0 Å². The quantitative estimate of drug-likeness (QED) is 0.262. The van der Waals surface area contributed by atoms with Crippen molar-refractivity contribution < 1.29 is 14.3 Å². The molecule has 4 nitrogen and oxygen atoms in total. The van der Waals surface area contributed by atoms with Gasteiger partial charge in [-0.1, -0.05) is 60.7 Å². The van der Waals surface area contributed by atoms with Crippen molar-refractivity contribution in [3.05, 3.63) is 126 Å². The summed E-state index contributed by atoms with van der Waals surface area (Å²) in [5.74, 6) is 1.39. The van der Waals surface area contributed by atoms with Crippen molar-refractivity contribution in [2.45, 2.75) is 19.3 Å². The number of ether oxygens (including phenoxy) is 2. The number of hydrogen-bond acceptors (Lipinski definition) is 3. The topological polar surface area (TPSA) is 47.6 Å². The molecule has 0 aromatic heterocycles. The van der Waals surface area contributed by atoms with Gasteiger partial charge < -0.3 is 14.8 Å². The van der Waals surface area contributed by atoms with Crippen LogP contribution in [0.3, 0.4) is 0 Å². The lowest BCUT2D eigenvalue weighted by Crippen LogP contribution is -2.11. The number of benzene rings is 4. The van der Waals surface area contributed by atoms with Crippen LogP contribution in [0.4, 0.5) is 5.69 Å². The van der Waals surface area contributed by atoms with E-state index in [1.54, 1.807) is 12.1 Å². The molecule has 34 heavy (non-hydrogen) atoms. The van der Waals surface area contributed by atoms with E-state index in [1.165, 1.54) is 11.1 Å². The van der Waals surface area contributed by atoms with Gasteiger partial charge in [-0.3, -0.25) is 4.79 Å². The maximum absolute atomic E-state index is 12.6. The molecule has 0 spiro atoms. The molecule has 0 saturated carbocycles. The highest BCUT2D eigenvalue weighted by molar-refractivity contribution is 6.04. The summed E-state index contributed by atoms with van der Waals surface area (Å²) in [5, 5.41) is 2.92. The van der Waals surface area contributed by atoms with Gasteiger partial charge >= 0.3 is 0 Å². The Labute approximate surface area is 201 Å². The van der Waals surface area contributed by atoms with Crippen LogP contribution >= 0.6 is 0 Å². The van der Waals surface area contributed by atoms with Crippen molar-refractivity contribution in [1.29, 1.82) is 0 Å². The van der Waals surface area contributed by atoms with Crippen LogP contribution in [0.2, 0.25) is 0 Å². The number of anilines is 1. The van der Waals surface area contributed by atoms with Crippen LogP contribution in [0.15, 0.2) is 109 Å². The average molecular weight is 452 g/mol. The first-order valence-corrected chi connectivity index (χ1v) is 11.6. The van der Waals surface area contributed by atoms with Crippen LogP contribution in [0.25, 0.3) is 0 Å². The molecule has 0 unspecified atom stereocenters. The Bertz CT molecular complexity index is 1140. The fraction of sp³-hybridized carbons (Fsp3) is 0.167. The molecule has 0 aliphatic rings. The summed E-state index contributed by atoms with van der Waals surface area (Å²) in [7, 11) is 0. The van der Waals surface area contributed by atoms with Gasteiger partial charge in [0.2, 0.25) is 0 Å². The van der Waals surface area contributed by atoms with Crippen molar-refractivity contribution >= 4 is 11.6 Å². The second-order valence-electron chi connectivity index (χ2n) is 8.02. The molecule has 1 amide bonds. The first-order chi connectivity index (χ1) is 16.8. The fourth-order valence-electron chi connectivity index (χ4n) is 3.58. The van der Waals surface area contributed by atoms with E-state index < -0.39 is 0 Å². The summed E-state index contributed by atoms with van der Waals surface area (Å²) in [5.41, 5.74) is 3.86. The van der Waals surface area contributed by atoms with Crippen LogP contribution in [0.5, 0.6) is 11.5 Å². The average Bonchev–Trinajstić information content (AvgIpc) is 2.89. The summed E-state index contributed by atoms with van der Waals surface area (Å²) >= 11 is 0. The maximum Gasteiger partial charge on any atom is 0.255 e. The minimum Gasteiger partial charge on any atom is -0.494 e. The van der Waals surface area contributed by atoms with Gasteiger partial charge in [-0.05, 0) is 72.5 Å². The van der Waals surface area contributed by atoms with E-state index in [0.717, 1.165) is 36.4 Å². The summed E-state index contributed by atoms with van der Waals surface area (Å²) in [6, 6.07) is 35.3.